The van der Waals surface area contributed by atoms with Crippen molar-refractivity contribution in [3.63, 3.8) is 0 Å². The highest BCUT2D eigenvalue weighted by Gasteiger charge is 2.45. The second kappa shape index (κ2) is 13.2. The van der Waals surface area contributed by atoms with Crippen LogP contribution in [0.1, 0.15) is 62.0 Å². The van der Waals surface area contributed by atoms with Crippen molar-refractivity contribution in [2.75, 3.05) is 52.6 Å². The van der Waals surface area contributed by atoms with E-state index in [0.717, 1.165) is 49.1 Å². The third kappa shape index (κ3) is 6.73. The highest BCUT2D eigenvalue weighted by atomic mass is 32.2. The molecule has 3 aliphatic rings. The quantitative estimate of drug-likeness (QED) is 0.309. The van der Waals surface area contributed by atoms with Crippen LogP contribution in [0.4, 0.5) is 4.39 Å². The molecule has 256 valence electrons. The number of likely N-dealkylation sites (tertiary alicyclic amines) is 1. The van der Waals surface area contributed by atoms with Crippen LogP contribution < -0.4 is 0 Å². The van der Waals surface area contributed by atoms with Crippen LogP contribution >= 0.6 is 0 Å². The van der Waals surface area contributed by atoms with Crippen LogP contribution in [0, 0.1) is 30.5 Å². The molecule has 2 saturated heterocycles. The number of carbonyl (C=O) groups excluding carboxylic acids is 1. The third-order valence-corrected chi connectivity index (χ3v) is 12.3. The van der Waals surface area contributed by atoms with Crippen LogP contribution in [0.2, 0.25) is 0 Å². The minimum atomic E-state index is -3.11. The van der Waals surface area contributed by atoms with Crippen molar-refractivity contribution >= 4 is 26.8 Å². The molecule has 3 aromatic rings. The summed E-state index contributed by atoms with van der Waals surface area (Å²) in [6, 6.07) is 5.58. The predicted molar refractivity (Wildman–Crippen MR) is 185 cm³/mol. The Balaban J connectivity index is 1.15. The standard InChI is InChI=1S/C36H51FN6O3S/c1-23(2)35(27-15-30(16-27)40-10-12-42(13-11-40)47(7,45)46)41-20-26(21-41)14-28-22-43(33-19-38-18-25(5)34(28)33)32-9-8-29(37)17-31(32)36(44)39(6)24(3)4/h8-9,17-19,22-24,26-27,30,35H,10-16,20-21H2,1-7H3/t27-,30-,35?. The Hall–Kier alpha value is -2.86. The van der Waals surface area contributed by atoms with Gasteiger partial charge < -0.3 is 9.47 Å². The molecule has 9 nitrogen and oxygen atoms in total. The summed E-state index contributed by atoms with van der Waals surface area (Å²) in [6.07, 6.45) is 10.5. The number of rotatable bonds is 10. The number of sulfonamides is 1. The average molecular weight is 667 g/mol. The monoisotopic (exact) mass is 666 g/mol. The van der Waals surface area contributed by atoms with Crippen molar-refractivity contribution in [3.05, 3.63) is 59.3 Å². The fourth-order valence-electron chi connectivity index (χ4n) is 8.27. The van der Waals surface area contributed by atoms with E-state index in [1.807, 2.05) is 30.8 Å². The molecule has 3 fully saturated rings. The first kappa shape index (κ1) is 34.0. The number of hydrogen-bond acceptors (Lipinski definition) is 6. The molecule has 1 unspecified atom stereocenters. The molecule has 6 rings (SSSR count). The zero-order chi connectivity index (χ0) is 33.8. The minimum Gasteiger partial charge on any atom is -0.339 e. The van der Waals surface area contributed by atoms with Crippen molar-refractivity contribution < 1.29 is 17.6 Å². The summed E-state index contributed by atoms with van der Waals surface area (Å²) in [7, 11) is -1.35. The number of amides is 1. The molecule has 0 spiro atoms. The highest BCUT2D eigenvalue weighted by Crippen LogP contribution is 2.42. The van der Waals surface area contributed by atoms with Crippen LogP contribution in [0.15, 0.2) is 36.8 Å². The van der Waals surface area contributed by atoms with Crippen LogP contribution in [-0.4, -0.2) is 114 Å². The molecule has 1 aromatic carbocycles. The molecular weight excluding hydrogens is 616 g/mol. The van der Waals surface area contributed by atoms with Crippen LogP contribution in [-0.2, 0) is 16.4 Å². The lowest BCUT2D eigenvalue weighted by atomic mass is 9.69. The van der Waals surface area contributed by atoms with E-state index in [9.17, 15) is 17.6 Å². The first-order chi connectivity index (χ1) is 22.2. The Kier molecular flexibility index (Phi) is 9.56. The highest BCUT2D eigenvalue weighted by molar-refractivity contribution is 7.88. The zero-order valence-electron chi connectivity index (χ0n) is 29.0. The van der Waals surface area contributed by atoms with Crippen molar-refractivity contribution in [2.45, 2.75) is 72.0 Å². The molecule has 2 aromatic heterocycles. The van der Waals surface area contributed by atoms with E-state index in [1.54, 1.807) is 22.3 Å². The SMILES string of the molecule is Cc1cncc2c1c(CC1CN(C(C(C)C)[C@H]3C[C@H](N4CCN(S(C)(=O)=O)CC4)C3)C1)cn2-c1ccc(F)cc1C(=O)N(C)C(C)C. The number of halogens is 1. The molecule has 0 bridgehead atoms. The van der Waals surface area contributed by atoms with Gasteiger partial charge in [0.05, 0.1) is 29.2 Å². The van der Waals surface area contributed by atoms with Gasteiger partial charge in [0.2, 0.25) is 10.0 Å². The number of hydrogen-bond donors (Lipinski definition) is 0. The lowest BCUT2D eigenvalue weighted by molar-refractivity contribution is -0.0496. The van der Waals surface area contributed by atoms with Crippen LogP contribution in [0.5, 0.6) is 0 Å². The Morgan fingerprint density at radius 1 is 1.06 bits per heavy atom. The van der Waals surface area contributed by atoms with Gasteiger partial charge in [-0.1, -0.05) is 13.8 Å². The molecule has 1 saturated carbocycles. The number of pyridine rings is 1. The number of nitrogens with zero attached hydrogens (tertiary/aromatic N) is 6. The smallest absolute Gasteiger partial charge is 0.256 e. The number of piperazine rings is 1. The predicted octanol–water partition coefficient (Wildman–Crippen LogP) is 4.81. The lowest BCUT2D eigenvalue weighted by Gasteiger charge is -2.55. The van der Waals surface area contributed by atoms with Crippen LogP contribution in [0.3, 0.4) is 0 Å². The second-order valence-corrected chi connectivity index (χ2v) is 16.9. The molecule has 0 N–H and O–H groups in total. The second-order valence-electron chi connectivity index (χ2n) is 14.9. The molecule has 47 heavy (non-hydrogen) atoms. The van der Waals surface area contributed by atoms with Gasteiger partial charge in [-0.05, 0) is 87.1 Å². The normalized spacial score (nSPS) is 22.5. The van der Waals surface area contributed by atoms with Gasteiger partial charge in [-0.2, -0.15) is 4.31 Å². The van der Waals surface area contributed by atoms with Crippen molar-refractivity contribution in [1.82, 2.24) is 28.6 Å². The molecule has 11 heteroatoms. The van der Waals surface area contributed by atoms with E-state index in [4.69, 9.17) is 0 Å². The molecule has 1 aliphatic carbocycles. The summed E-state index contributed by atoms with van der Waals surface area (Å²) in [6.45, 7) is 15.7. The topological polar surface area (TPSA) is 82.0 Å². The fraction of sp³-hybridized carbons (Fsp3) is 0.611. The van der Waals surface area contributed by atoms with Gasteiger partial charge in [0.1, 0.15) is 5.82 Å². The van der Waals surface area contributed by atoms with Crippen molar-refractivity contribution in [1.29, 1.82) is 0 Å². The lowest BCUT2D eigenvalue weighted by Crippen LogP contribution is -2.62. The number of aryl methyl sites for hydroxylation is 1. The fourth-order valence-corrected chi connectivity index (χ4v) is 9.10. The van der Waals surface area contributed by atoms with Crippen molar-refractivity contribution in [3.8, 4) is 5.69 Å². The summed E-state index contributed by atoms with van der Waals surface area (Å²) in [5.74, 6) is 1.13. The van der Waals surface area contributed by atoms with Gasteiger partial charge in [0.25, 0.3) is 5.91 Å². The minimum absolute atomic E-state index is 0.0146. The first-order valence-corrected chi connectivity index (χ1v) is 19.0. The summed E-state index contributed by atoms with van der Waals surface area (Å²) < 4.78 is 42.0. The Morgan fingerprint density at radius 3 is 2.36 bits per heavy atom. The van der Waals surface area contributed by atoms with E-state index in [2.05, 4.69) is 41.8 Å². The maximum absolute atomic E-state index is 14.5. The van der Waals surface area contributed by atoms with Gasteiger partial charge in [-0.15, -0.1) is 0 Å². The molecule has 4 heterocycles. The first-order valence-electron chi connectivity index (χ1n) is 17.2. The van der Waals surface area contributed by atoms with E-state index in [-0.39, 0.29) is 11.9 Å². The summed E-state index contributed by atoms with van der Waals surface area (Å²) in [5.41, 5.74) is 4.28. The number of benzene rings is 1. The maximum Gasteiger partial charge on any atom is 0.256 e. The molecular formula is C36H51FN6O3S. The summed E-state index contributed by atoms with van der Waals surface area (Å²) >= 11 is 0. The zero-order valence-corrected chi connectivity index (χ0v) is 29.8. The van der Waals surface area contributed by atoms with E-state index < -0.39 is 15.8 Å². The number of fused-ring (bicyclic) bond motifs is 1. The molecule has 1 amide bonds. The van der Waals surface area contributed by atoms with Crippen LogP contribution in [0.25, 0.3) is 16.6 Å². The van der Waals surface area contributed by atoms with Gasteiger partial charge >= 0.3 is 0 Å². The number of carbonyl (C=O) groups is 1. The third-order valence-electron chi connectivity index (χ3n) is 11.0. The largest absolute Gasteiger partial charge is 0.339 e. The Labute approximate surface area is 279 Å². The van der Waals surface area contributed by atoms with Crippen molar-refractivity contribution in [2.24, 2.45) is 17.8 Å². The molecule has 0 radical (unpaired) electrons. The molecule has 2 aliphatic heterocycles. The maximum atomic E-state index is 14.5. The summed E-state index contributed by atoms with van der Waals surface area (Å²) in [4.78, 5) is 24.8. The van der Waals surface area contributed by atoms with E-state index in [1.165, 1.54) is 36.8 Å². The number of aromatic nitrogens is 2. The van der Waals surface area contributed by atoms with E-state index >= 15 is 0 Å². The Bertz CT molecular complexity index is 1720. The van der Waals surface area contributed by atoms with Gasteiger partial charge in [-0.25, -0.2) is 12.8 Å². The average Bonchev–Trinajstić information content (AvgIpc) is 3.34. The molecule has 1 atom stereocenters. The van der Waals surface area contributed by atoms with Gasteiger partial charge in [-0.3, -0.25) is 19.6 Å². The Morgan fingerprint density at radius 2 is 1.74 bits per heavy atom. The van der Waals surface area contributed by atoms with Gasteiger partial charge in [0, 0.05) is 82.2 Å². The summed E-state index contributed by atoms with van der Waals surface area (Å²) in [5, 5.41) is 1.16. The van der Waals surface area contributed by atoms with Gasteiger partial charge in [0.15, 0.2) is 0 Å². The van der Waals surface area contributed by atoms with E-state index in [0.29, 0.717) is 54.2 Å².